The van der Waals surface area contributed by atoms with Gasteiger partial charge in [0.1, 0.15) is 7.05 Å². The van der Waals surface area contributed by atoms with Crippen molar-refractivity contribution in [1.82, 2.24) is 4.98 Å². The van der Waals surface area contributed by atoms with Crippen LogP contribution in [0.2, 0.25) is 0 Å². The van der Waals surface area contributed by atoms with E-state index in [-0.39, 0.29) is 0 Å². The Balaban J connectivity index is 1.98. The first-order chi connectivity index (χ1) is 12.6. The zero-order chi connectivity index (χ0) is 17.8. The number of fused-ring (bicyclic) bond motifs is 5. The van der Waals surface area contributed by atoms with Gasteiger partial charge in [-0.3, -0.25) is 0 Å². The van der Waals surface area contributed by atoms with Gasteiger partial charge < -0.3 is 4.42 Å². The predicted octanol–water partition coefficient (Wildman–Crippen LogP) is 5.24. The second-order valence-electron chi connectivity index (χ2n) is 6.96. The minimum Gasteiger partial charge on any atom is -0.437 e. The maximum atomic E-state index is 6.30. The lowest BCUT2D eigenvalue weighted by Crippen LogP contribution is -2.30. The number of nitrogens with zero attached hydrogens (tertiary/aromatic N) is 2. The number of rotatable bonds is 1. The number of aryl methyl sites for hydroxylation is 3. The summed E-state index contributed by atoms with van der Waals surface area (Å²) in [7, 11) is 2.07. The van der Waals surface area contributed by atoms with Gasteiger partial charge in [0.05, 0.1) is 10.9 Å². The lowest BCUT2D eigenvalue weighted by Gasteiger charge is -2.06. The zero-order valence-corrected chi connectivity index (χ0v) is 15.1. The quantitative estimate of drug-likeness (QED) is 0.391. The number of aromatic nitrogens is 2. The number of hydrogen-bond acceptors (Lipinski definition) is 2. The summed E-state index contributed by atoms with van der Waals surface area (Å²) >= 11 is 0. The molecule has 0 N–H and O–H groups in total. The van der Waals surface area contributed by atoms with Crippen molar-refractivity contribution >= 4 is 32.8 Å². The van der Waals surface area contributed by atoms with Gasteiger partial charge in [0.25, 0.3) is 0 Å². The van der Waals surface area contributed by atoms with Gasteiger partial charge in [-0.1, -0.05) is 36.4 Å². The van der Waals surface area contributed by atoms with Crippen LogP contribution in [0.15, 0.2) is 65.3 Å². The van der Waals surface area contributed by atoms with Crippen LogP contribution in [0.25, 0.3) is 44.1 Å². The van der Waals surface area contributed by atoms with Crippen molar-refractivity contribution in [2.45, 2.75) is 13.8 Å². The third-order valence-corrected chi connectivity index (χ3v) is 5.16. The summed E-state index contributed by atoms with van der Waals surface area (Å²) < 4.78 is 8.44. The van der Waals surface area contributed by atoms with Crippen molar-refractivity contribution in [3.05, 3.63) is 72.1 Å². The van der Waals surface area contributed by atoms with Gasteiger partial charge in [0, 0.05) is 29.1 Å². The van der Waals surface area contributed by atoms with Crippen LogP contribution < -0.4 is 4.57 Å². The normalized spacial score (nSPS) is 11.7. The van der Waals surface area contributed by atoms with Crippen LogP contribution >= 0.6 is 0 Å². The van der Waals surface area contributed by atoms with E-state index >= 15 is 0 Å². The molecule has 0 unspecified atom stereocenters. The molecule has 0 spiro atoms. The first kappa shape index (κ1) is 15.1. The number of benzene rings is 2. The second-order valence-corrected chi connectivity index (χ2v) is 6.96. The van der Waals surface area contributed by atoms with E-state index in [9.17, 15) is 0 Å². The van der Waals surface area contributed by atoms with E-state index in [0.717, 1.165) is 33.0 Å². The van der Waals surface area contributed by atoms with Crippen LogP contribution in [-0.2, 0) is 7.05 Å². The molecule has 3 aromatic heterocycles. The molecule has 0 aliphatic carbocycles. The van der Waals surface area contributed by atoms with E-state index in [2.05, 4.69) is 79.1 Å². The first-order valence-corrected chi connectivity index (χ1v) is 8.80. The Hall–Kier alpha value is -3.20. The molecule has 0 saturated carbocycles. The molecule has 3 nitrogen and oxygen atoms in total. The van der Waals surface area contributed by atoms with Crippen molar-refractivity contribution in [2.24, 2.45) is 7.05 Å². The van der Waals surface area contributed by atoms with Crippen LogP contribution in [0.5, 0.6) is 0 Å². The molecular formula is C23H19N2O+. The van der Waals surface area contributed by atoms with Crippen molar-refractivity contribution in [3.63, 3.8) is 0 Å². The molecule has 0 aliphatic heterocycles. The largest absolute Gasteiger partial charge is 0.437 e. The van der Waals surface area contributed by atoms with Crippen molar-refractivity contribution in [3.8, 4) is 11.3 Å². The molecule has 0 fully saturated rings. The molecule has 3 heterocycles. The third kappa shape index (κ3) is 2.07. The average Bonchev–Trinajstić information content (AvgIpc) is 3.03. The third-order valence-electron chi connectivity index (χ3n) is 5.16. The van der Waals surface area contributed by atoms with Gasteiger partial charge in [0.15, 0.2) is 11.8 Å². The Labute approximate surface area is 151 Å². The highest BCUT2D eigenvalue weighted by molar-refractivity contribution is 6.19. The fourth-order valence-electron chi connectivity index (χ4n) is 3.81. The summed E-state index contributed by atoms with van der Waals surface area (Å²) in [6.45, 7) is 4.25. The van der Waals surface area contributed by atoms with Gasteiger partial charge in [-0.05, 0) is 30.4 Å². The van der Waals surface area contributed by atoms with Crippen molar-refractivity contribution in [1.29, 1.82) is 0 Å². The molecule has 0 aliphatic rings. The van der Waals surface area contributed by atoms with Gasteiger partial charge in [0.2, 0.25) is 11.4 Å². The smallest absolute Gasteiger partial charge is 0.227 e. The van der Waals surface area contributed by atoms with E-state index in [1.165, 1.54) is 16.5 Å². The van der Waals surface area contributed by atoms with Crippen LogP contribution in [0.1, 0.15) is 11.1 Å². The Morgan fingerprint density at radius 1 is 0.962 bits per heavy atom. The minimum atomic E-state index is 0.695. The summed E-state index contributed by atoms with van der Waals surface area (Å²) in [6.07, 6.45) is 3.98. The standard InChI is InChI=1S/C23H19N2O/c1-14-10-11-25(3)19(12-14)20-15(2)8-9-18-21-17-7-5-4-6-16(17)13-24-23(21)26-22(18)20/h4-13H,1-3H3/q+1. The van der Waals surface area contributed by atoms with Gasteiger partial charge in [-0.2, -0.15) is 0 Å². The molecule has 0 bridgehead atoms. The molecule has 5 rings (SSSR count). The predicted molar refractivity (Wildman–Crippen MR) is 105 cm³/mol. The lowest BCUT2D eigenvalue weighted by molar-refractivity contribution is -0.660. The number of pyridine rings is 2. The fourth-order valence-corrected chi connectivity index (χ4v) is 3.81. The van der Waals surface area contributed by atoms with Crippen LogP contribution in [-0.4, -0.2) is 4.98 Å². The van der Waals surface area contributed by atoms with E-state index < -0.39 is 0 Å². The maximum absolute atomic E-state index is 6.30. The van der Waals surface area contributed by atoms with Crippen LogP contribution in [0.4, 0.5) is 0 Å². The molecule has 0 atom stereocenters. The van der Waals surface area contributed by atoms with Crippen LogP contribution in [0.3, 0.4) is 0 Å². The van der Waals surface area contributed by atoms with E-state index in [1.54, 1.807) is 0 Å². The maximum Gasteiger partial charge on any atom is 0.227 e. The van der Waals surface area contributed by atoms with E-state index in [4.69, 9.17) is 4.42 Å². The summed E-state index contributed by atoms with van der Waals surface area (Å²) in [4.78, 5) is 4.58. The van der Waals surface area contributed by atoms with E-state index in [0.29, 0.717) is 5.71 Å². The molecular weight excluding hydrogens is 320 g/mol. The van der Waals surface area contributed by atoms with Crippen LogP contribution in [0, 0.1) is 13.8 Å². The Morgan fingerprint density at radius 3 is 2.69 bits per heavy atom. The molecule has 2 aromatic carbocycles. The average molecular weight is 339 g/mol. The van der Waals surface area contributed by atoms with Gasteiger partial charge in [-0.25, -0.2) is 9.55 Å². The Kier molecular flexibility index (Phi) is 3.13. The highest BCUT2D eigenvalue weighted by atomic mass is 16.3. The molecule has 26 heavy (non-hydrogen) atoms. The second kappa shape index (κ2) is 5.40. The summed E-state index contributed by atoms with van der Waals surface area (Å²) in [5.74, 6) is 0. The van der Waals surface area contributed by atoms with Gasteiger partial charge in [-0.15, -0.1) is 0 Å². The Bertz CT molecular complexity index is 1310. The summed E-state index contributed by atoms with van der Waals surface area (Å²) in [5.41, 5.74) is 6.31. The summed E-state index contributed by atoms with van der Waals surface area (Å²) in [5, 5.41) is 4.52. The monoisotopic (exact) mass is 339 g/mol. The minimum absolute atomic E-state index is 0.695. The Morgan fingerprint density at radius 2 is 1.81 bits per heavy atom. The molecule has 0 radical (unpaired) electrons. The topological polar surface area (TPSA) is 29.9 Å². The molecule has 3 heteroatoms. The number of hydrogen-bond donors (Lipinski definition) is 0. The molecule has 5 aromatic rings. The lowest BCUT2D eigenvalue weighted by atomic mass is 9.99. The fraction of sp³-hybridized carbons (Fsp3) is 0.130. The highest BCUT2D eigenvalue weighted by Gasteiger charge is 2.21. The molecule has 0 saturated heterocycles. The SMILES string of the molecule is Cc1cc[n+](C)c(-c2c(C)ccc3c2oc2ncc4ccccc4c23)c1. The van der Waals surface area contributed by atoms with E-state index in [1.807, 2.05) is 12.3 Å². The number of furan rings is 1. The van der Waals surface area contributed by atoms with Gasteiger partial charge >= 0.3 is 0 Å². The summed E-state index contributed by atoms with van der Waals surface area (Å²) in [6, 6.07) is 17.0. The first-order valence-electron chi connectivity index (χ1n) is 8.80. The highest BCUT2D eigenvalue weighted by Crippen LogP contribution is 2.38. The zero-order valence-electron chi connectivity index (χ0n) is 15.1. The molecule has 126 valence electrons. The van der Waals surface area contributed by atoms with Crippen molar-refractivity contribution < 1.29 is 8.98 Å². The van der Waals surface area contributed by atoms with Crippen molar-refractivity contribution in [2.75, 3.05) is 0 Å². The molecule has 0 amide bonds.